The van der Waals surface area contributed by atoms with Crippen LogP contribution in [-0.4, -0.2) is 47.8 Å². The quantitative estimate of drug-likeness (QED) is 0.288. The van der Waals surface area contributed by atoms with Crippen molar-refractivity contribution in [3.05, 3.63) is 11.6 Å². The molecule has 0 spiro atoms. The second kappa shape index (κ2) is 9.25. The second-order valence-electron chi connectivity index (χ2n) is 12.1. The van der Waals surface area contributed by atoms with Crippen molar-refractivity contribution in [3.8, 4) is 0 Å². The lowest BCUT2D eigenvalue weighted by Gasteiger charge is -2.63. The van der Waals surface area contributed by atoms with Crippen molar-refractivity contribution < 1.29 is 32.2 Å². The van der Waals surface area contributed by atoms with Crippen LogP contribution < -0.4 is 0 Å². The fourth-order valence-corrected chi connectivity index (χ4v) is 9.27. The van der Waals surface area contributed by atoms with Gasteiger partial charge < -0.3 is 10.2 Å². The van der Waals surface area contributed by atoms with E-state index in [4.69, 9.17) is 4.55 Å². The summed E-state index contributed by atoms with van der Waals surface area (Å²) in [5.74, 6) is 1.45. The third-order valence-electron chi connectivity index (χ3n) is 10.7. The van der Waals surface area contributed by atoms with E-state index in [0.717, 1.165) is 31.3 Å². The molecule has 7 nitrogen and oxygen atoms in total. The Morgan fingerprint density at radius 2 is 1.88 bits per heavy atom. The molecular formula is C26H42O7S. The number of ketones is 1. The number of hydrogen-bond donors (Lipinski definition) is 3. The van der Waals surface area contributed by atoms with Gasteiger partial charge in [0.05, 0.1) is 18.8 Å². The Hall–Kier alpha value is -0.800. The van der Waals surface area contributed by atoms with Crippen LogP contribution in [0.3, 0.4) is 0 Å². The number of rotatable bonds is 6. The summed E-state index contributed by atoms with van der Waals surface area (Å²) in [6, 6.07) is 0. The Morgan fingerprint density at radius 3 is 2.53 bits per heavy atom. The molecule has 0 amide bonds. The van der Waals surface area contributed by atoms with E-state index >= 15 is 0 Å². The number of carbonyl (C=O) groups is 1. The molecule has 10 atom stereocenters. The van der Waals surface area contributed by atoms with E-state index in [1.165, 1.54) is 0 Å². The van der Waals surface area contributed by atoms with Crippen molar-refractivity contribution in [2.75, 3.05) is 6.61 Å². The van der Waals surface area contributed by atoms with E-state index in [-0.39, 0.29) is 58.7 Å². The number of hydrogen-bond acceptors (Lipinski definition) is 6. The van der Waals surface area contributed by atoms with Gasteiger partial charge in [0, 0.05) is 6.42 Å². The van der Waals surface area contributed by atoms with E-state index < -0.39 is 22.6 Å². The fraction of sp³-hybridized carbons (Fsp3) is 0.885. The zero-order valence-corrected chi connectivity index (χ0v) is 21.8. The zero-order valence-electron chi connectivity index (χ0n) is 20.9. The number of aliphatic hydroxyl groups is 2. The van der Waals surface area contributed by atoms with Crippen LogP contribution in [0.4, 0.5) is 0 Å². The molecule has 0 bridgehead atoms. The molecule has 0 radical (unpaired) electrons. The Labute approximate surface area is 204 Å². The maximum absolute atomic E-state index is 12.6. The normalized spacial score (nSPS) is 46.6. The van der Waals surface area contributed by atoms with Crippen molar-refractivity contribution in [2.45, 2.75) is 91.3 Å². The summed E-state index contributed by atoms with van der Waals surface area (Å²) in [4.78, 5) is 12.6. The van der Waals surface area contributed by atoms with Gasteiger partial charge in [-0.3, -0.25) is 9.35 Å². The number of Topliss-reactive ketones (excluding diaryl/α,β-unsaturated/α-hetero) is 1. The van der Waals surface area contributed by atoms with Crippen LogP contribution in [0.25, 0.3) is 0 Å². The Kier molecular flexibility index (Phi) is 7.15. The smallest absolute Gasteiger partial charge is 0.393 e. The van der Waals surface area contributed by atoms with Gasteiger partial charge in [-0.25, -0.2) is 4.18 Å². The van der Waals surface area contributed by atoms with Crippen molar-refractivity contribution in [3.63, 3.8) is 0 Å². The van der Waals surface area contributed by atoms with Crippen LogP contribution in [0, 0.1) is 46.3 Å². The first-order chi connectivity index (χ1) is 15.8. The molecule has 3 N–H and O–H groups in total. The SMILES string of the molecule is C/C=C1\C[C@@]2(C)[C@H](CC1=O)C[C@@H](O)[C@@H]1[C@@H]2C[C@H](O)[C@]2(C)[C@@H]([C@H](C)CCCOS(=O)(=O)O)CC[C@@H]12. The first-order valence-corrected chi connectivity index (χ1v) is 14.4. The summed E-state index contributed by atoms with van der Waals surface area (Å²) < 4.78 is 34.9. The highest BCUT2D eigenvalue weighted by Gasteiger charge is 2.66. The highest BCUT2D eigenvalue weighted by Crippen LogP contribution is 2.68. The lowest BCUT2D eigenvalue weighted by Crippen LogP contribution is -2.62. The van der Waals surface area contributed by atoms with Crippen LogP contribution in [0.1, 0.15) is 79.1 Å². The number of carbonyl (C=O) groups excluding carboxylic acids is 1. The van der Waals surface area contributed by atoms with E-state index in [1.807, 2.05) is 13.0 Å². The molecule has 4 saturated carbocycles. The second-order valence-corrected chi connectivity index (χ2v) is 13.2. The first-order valence-electron chi connectivity index (χ1n) is 13.0. The summed E-state index contributed by atoms with van der Waals surface area (Å²) >= 11 is 0. The molecular weight excluding hydrogens is 456 g/mol. The lowest BCUT2D eigenvalue weighted by molar-refractivity contribution is -0.197. The topological polar surface area (TPSA) is 121 Å². The maximum atomic E-state index is 12.6. The van der Waals surface area contributed by atoms with Gasteiger partial charge in [0.25, 0.3) is 0 Å². The summed E-state index contributed by atoms with van der Waals surface area (Å²) in [6.45, 7) is 8.53. The summed E-state index contributed by atoms with van der Waals surface area (Å²) in [5.41, 5.74) is 0.517. The van der Waals surface area contributed by atoms with Gasteiger partial charge in [0.1, 0.15) is 0 Å². The first kappa shape index (κ1) is 26.3. The molecule has 4 aliphatic rings. The van der Waals surface area contributed by atoms with Crippen LogP contribution in [0.5, 0.6) is 0 Å². The predicted octanol–water partition coefficient (Wildman–Crippen LogP) is 3.95. The van der Waals surface area contributed by atoms with Crippen LogP contribution in [0.2, 0.25) is 0 Å². The van der Waals surface area contributed by atoms with Crippen LogP contribution in [0.15, 0.2) is 11.6 Å². The van der Waals surface area contributed by atoms with E-state index in [2.05, 4.69) is 25.0 Å². The molecule has 0 unspecified atom stereocenters. The Morgan fingerprint density at radius 1 is 1.18 bits per heavy atom. The van der Waals surface area contributed by atoms with E-state index in [9.17, 15) is 23.4 Å². The Bertz CT molecular complexity index is 929. The average molecular weight is 499 g/mol. The maximum Gasteiger partial charge on any atom is 0.397 e. The Balaban J connectivity index is 1.54. The molecule has 8 heteroatoms. The minimum absolute atomic E-state index is 0.0479. The summed E-state index contributed by atoms with van der Waals surface area (Å²) in [5, 5.41) is 23.0. The fourth-order valence-electron chi connectivity index (χ4n) is 8.94. The largest absolute Gasteiger partial charge is 0.397 e. The molecule has 0 aromatic carbocycles. The average Bonchev–Trinajstić information content (AvgIpc) is 3.10. The molecule has 0 aromatic rings. The highest BCUT2D eigenvalue weighted by atomic mass is 32.3. The summed E-state index contributed by atoms with van der Waals surface area (Å²) in [7, 11) is -4.42. The number of fused-ring (bicyclic) bond motifs is 5. The predicted molar refractivity (Wildman–Crippen MR) is 128 cm³/mol. The monoisotopic (exact) mass is 498 g/mol. The molecule has 4 aliphatic carbocycles. The van der Waals surface area contributed by atoms with Crippen molar-refractivity contribution in [2.24, 2.45) is 46.3 Å². The molecule has 0 heterocycles. The molecule has 0 saturated heterocycles. The molecule has 34 heavy (non-hydrogen) atoms. The van der Waals surface area contributed by atoms with Crippen molar-refractivity contribution in [1.82, 2.24) is 0 Å². The lowest BCUT2D eigenvalue weighted by atomic mass is 9.43. The minimum Gasteiger partial charge on any atom is -0.393 e. The van der Waals surface area contributed by atoms with E-state index in [1.54, 1.807) is 0 Å². The standard InChI is InChI=1S/C26H42O7S/c1-5-16-14-25(3)17(11-21(16)27)12-22(28)24-19-9-8-18(26(19,4)23(29)13-20(24)25)15(2)7-6-10-33-34(30,31)32/h5,15,17-20,22-24,28-29H,6-14H2,1-4H3,(H,30,31,32)/b16-5+/t15-,17-,18-,19+,20+,22-,23+,24+,25+,26-/m1/s1. The zero-order chi connectivity index (χ0) is 25.1. The minimum atomic E-state index is -4.42. The van der Waals surface area contributed by atoms with Gasteiger partial charge in [-0.1, -0.05) is 26.8 Å². The highest BCUT2D eigenvalue weighted by molar-refractivity contribution is 7.80. The number of aliphatic hydroxyl groups excluding tert-OH is 2. The third kappa shape index (κ3) is 4.32. The molecule has 4 rings (SSSR count). The molecule has 0 aromatic heterocycles. The summed E-state index contributed by atoms with van der Waals surface area (Å²) in [6.07, 6.45) is 6.80. The van der Waals surface area contributed by atoms with Gasteiger partial charge in [0.15, 0.2) is 5.78 Å². The van der Waals surface area contributed by atoms with Gasteiger partial charge in [-0.2, -0.15) is 8.42 Å². The third-order valence-corrected chi connectivity index (χ3v) is 11.2. The van der Waals surface area contributed by atoms with Gasteiger partial charge in [-0.05, 0) is 104 Å². The van der Waals surface area contributed by atoms with Gasteiger partial charge >= 0.3 is 10.4 Å². The molecule has 0 aliphatic heterocycles. The van der Waals surface area contributed by atoms with Gasteiger partial charge in [0.2, 0.25) is 0 Å². The van der Waals surface area contributed by atoms with Crippen molar-refractivity contribution >= 4 is 16.2 Å². The number of allylic oxidation sites excluding steroid dienone is 2. The van der Waals surface area contributed by atoms with Crippen molar-refractivity contribution in [1.29, 1.82) is 0 Å². The molecule has 194 valence electrons. The van der Waals surface area contributed by atoms with Gasteiger partial charge in [-0.15, -0.1) is 0 Å². The van der Waals surface area contributed by atoms with E-state index in [0.29, 0.717) is 25.7 Å². The van der Waals surface area contributed by atoms with Crippen LogP contribution in [-0.2, 0) is 19.4 Å². The molecule has 4 fully saturated rings. The van der Waals surface area contributed by atoms with Crippen LogP contribution >= 0.6 is 0 Å².